The number of nitrogens with zero attached hydrogens (tertiary/aromatic N) is 3. The molecule has 0 spiro atoms. The number of carbonyl (C=O) groups is 1. The van der Waals surface area contributed by atoms with Crippen molar-refractivity contribution in [2.24, 2.45) is 0 Å². The van der Waals surface area contributed by atoms with Crippen LogP contribution in [0.5, 0.6) is 0 Å². The van der Waals surface area contributed by atoms with Crippen LogP contribution in [0, 0.1) is 20.8 Å². The fourth-order valence-electron chi connectivity index (χ4n) is 3.45. The van der Waals surface area contributed by atoms with Gasteiger partial charge >= 0.3 is 0 Å². The average Bonchev–Trinajstić information content (AvgIpc) is 3.14. The van der Waals surface area contributed by atoms with Crippen molar-refractivity contribution < 1.29 is 4.79 Å². The number of carbonyl (C=O) groups excluding carboxylic acids is 1. The largest absolute Gasteiger partial charge is 0.302 e. The van der Waals surface area contributed by atoms with Crippen molar-refractivity contribution in [3.05, 3.63) is 53.1 Å². The van der Waals surface area contributed by atoms with Crippen LogP contribution in [0.15, 0.2) is 41.3 Å². The second-order valence-corrected chi connectivity index (χ2v) is 9.63. The number of aromatic nitrogens is 1. The van der Waals surface area contributed by atoms with E-state index in [9.17, 15) is 4.79 Å². The van der Waals surface area contributed by atoms with Gasteiger partial charge in [-0.1, -0.05) is 48.9 Å². The highest BCUT2D eigenvalue weighted by Crippen LogP contribution is 2.32. The zero-order valence-electron chi connectivity index (χ0n) is 18.6. The number of hydrogen-bond acceptors (Lipinski definition) is 5. The van der Waals surface area contributed by atoms with E-state index in [-0.39, 0.29) is 5.91 Å². The molecule has 0 N–H and O–H groups in total. The summed E-state index contributed by atoms with van der Waals surface area (Å²) in [4.78, 5) is 23.5. The quantitative estimate of drug-likeness (QED) is 0.400. The number of rotatable bonds is 9. The van der Waals surface area contributed by atoms with Gasteiger partial charge in [-0.05, 0) is 63.2 Å². The monoisotopic (exact) mass is 441 g/mol. The number of amides is 1. The molecule has 160 valence electrons. The highest BCUT2D eigenvalue weighted by molar-refractivity contribution is 8.00. The van der Waals surface area contributed by atoms with Crippen LogP contribution in [0.1, 0.15) is 30.5 Å². The molecule has 3 aromatic rings. The Bertz CT molecular complexity index is 994. The summed E-state index contributed by atoms with van der Waals surface area (Å²) in [6, 6.07) is 12.6. The maximum absolute atomic E-state index is 13.3. The lowest BCUT2D eigenvalue weighted by atomic mass is 10.1. The lowest BCUT2D eigenvalue weighted by Gasteiger charge is -2.24. The lowest BCUT2D eigenvalue weighted by molar-refractivity contribution is -0.116. The zero-order chi connectivity index (χ0) is 21.7. The molecule has 0 unspecified atom stereocenters. The fourth-order valence-corrected chi connectivity index (χ4v) is 5.28. The second kappa shape index (κ2) is 10.4. The average molecular weight is 442 g/mol. The first kappa shape index (κ1) is 22.8. The van der Waals surface area contributed by atoms with Gasteiger partial charge in [-0.3, -0.25) is 9.69 Å². The molecule has 30 heavy (non-hydrogen) atoms. The van der Waals surface area contributed by atoms with Crippen molar-refractivity contribution in [3.8, 4) is 0 Å². The molecule has 4 nitrogen and oxygen atoms in total. The number of hydrogen-bond donors (Lipinski definition) is 0. The molecule has 0 aliphatic heterocycles. The summed E-state index contributed by atoms with van der Waals surface area (Å²) in [6.45, 7) is 14.1. The number of aryl methyl sites for hydroxylation is 3. The van der Waals surface area contributed by atoms with Crippen molar-refractivity contribution in [2.45, 2.75) is 39.5 Å². The Balaban J connectivity index is 1.82. The molecule has 6 heteroatoms. The van der Waals surface area contributed by atoms with E-state index >= 15 is 0 Å². The first-order valence-corrected chi connectivity index (χ1v) is 12.3. The van der Waals surface area contributed by atoms with Gasteiger partial charge in [-0.2, -0.15) is 0 Å². The summed E-state index contributed by atoms with van der Waals surface area (Å²) in [6.07, 6.45) is 0. The van der Waals surface area contributed by atoms with Crippen molar-refractivity contribution in [2.75, 3.05) is 36.8 Å². The topological polar surface area (TPSA) is 36.4 Å². The molecule has 0 atom stereocenters. The zero-order valence-corrected chi connectivity index (χ0v) is 20.2. The fraction of sp³-hybridized carbons (Fsp3) is 0.417. The maximum atomic E-state index is 13.3. The van der Waals surface area contributed by atoms with Crippen molar-refractivity contribution in [3.63, 3.8) is 0 Å². The summed E-state index contributed by atoms with van der Waals surface area (Å²) in [5, 5.41) is 0.806. The highest BCUT2D eigenvalue weighted by Gasteiger charge is 2.21. The third-order valence-electron chi connectivity index (χ3n) is 5.26. The van der Waals surface area contributed by atoms with Crippen LogP contribution in [0.25, 0.3) is 10.2 Å². The normalized spacial score (nSPS) is 11.4. The van der Waals surface area contributed by atoms with E-state index in [1.165, 1.54) is 21.4 Å². The van der Waals surface area contributed by atoms with Crippen LogP contribution in [0.3, 0.4) is 0 Å². The Kier molecular flexibility index (Phi) is 7.92. The Hall–Kier alpha value is -1.89. The molecule has 0 saturated heterocycles. The Morgan fingerprint density at radius 3 is 2.37 bits per heavy atom. The van der Waals surface area contributed by atoms with Gasteiger partial charge in [-0.25, -0.2) is 4.98 Å². The first-order valence-electron chi connectivity index (χ1n) is 10.5. The van der Waals surface area contributed by atoms with Gasteiger partial charge in [0.2, 0.25) is 5.91 Å². The summed E-state index contributed by atoms with van der Waals surface area (Å²) >= 11 is 3.22. The second-order valence-electron chi connectivity index (χ2n) is 7.60. The molecule has 1 aromatic heterocycles. The molecular weight excluding hydrogens is 410 g/mol. The Morgan fingerprint density at radius 1 is 1.00 bits per heavy atom. The molecule has 0 aliphatic rings. The predicted molar refractivity (Wildman–Crippen MR) is 131 cm³/mol. The van der Waals surface area contributed by atoms with E-state index in [2.05, 4.69) is 75.9 Å². The molecule has 2 aromatic carbocycles. The van der Waals surface area contributed by atoms with Gasteiger partial charge < -0.3 is 4.90 Å². The van der Waals surface area contributed by atoms with Crippen LogP contribution in [-0.4, -0.2) is 47.7 Å². The lowest BCUT2D eigenvalue weighted by Crippen LogP contribution is -2.39. The number of fused-ring (bicyclic) bond motifs is 1. The first-order chi connectivity index (χ1) is 14.4. The number of anilines is 1. The summed E-state index contributed by atoms with van der Waals surface area (Å²) < 4.78 is 1.17. The van der Waals surface area contributed by atoms with E-state index in [0.717, 1.165) is 35.2 Å². The van der Waals surface area contributed by atoms with Crippen LogP contribution >= 0.6 is 23.1 Å². The minimum atomic E-state index is 0.112. The van der Waals surface area contributed by atoms with Crippen LogP contribution in [-0.2, 0) is 4.79 Å². The number of thioether (sulfide) groups is 1. The van der Waals surface area contributed by atoms with Crippen molar-refractivity contribution in [1.29, 1.82) is 0 Å². The number of benzene rings is 2. The van der Waals surface area contributed by atoms with Gasteiger partial charge in [0.1, 0.15) is 0 Å². The molecule has 3 rings (SSSR count). The van der Waals surface area contributed by atoms with Gasteiger partial charge in [0, 0.05) is 18.0 Å². The number of likely N-dealkylation sites (N-methyl/N-ethyl adjacent to an activating group) is 1. The molecule has 1 heterocycles. The highest BCUT2D eigenvalue weighted by atomic mass is 32.2. The van der Waals surface area contributed by atoms with E-state index in [1.54, 1.807) is 23.1 Å². The third kappa shape index (κ3) is 5.62. The SMILES string of the molecule is CCN(CC)CCN(C(=O)CSc1ccc(C)cc1)c1nc2cc(C)cc(C)c2s1. The number of thiazole rings is 1. The van der Waals surface area contributed by atoms with Crippen molar-refractivity contribution >= 4 is 44.4 Å². The third-order valence-corrected chi connectivity index (χ3v) is 7.48. The van der Waals surface area contributed by atoms with Gasteiger partial charge in [-0.15, -0.1) is 11.8 Å². The van der Waals surface area contributed by atoms with E-state index in [4.69, 9.17) is 4.98 Å². The standard InChI is InChI=1S/C24H31N3OS2/c1-6-26(7-2)12-13-27(22(28)16-29-20-10-8-17(3)9-11-20)24-25-21-15-18(4)14-19(5)23(21)30-24/h8-11,14-15H,6-7,12-13,16H2,1-5H3. The van der Waals surface area contributed by atoms with Crippen molar-refractivity contribution in [1.82, 2.24) is 9.88 Å². The summed E-state index contributed by atoms with van der Waals surface area (Å²) in [5.41, 5.74) is 4.64. The Morgan fingerprint density at radius 2 is 1.70 bits per heavy atom. The molecule has 0 radical (unpaired) electrons. The predicted octanol–water partition coefficient (Wildman–Crippen LogP) is 5.69. The van der Waals surface area contributed by atoms with E-state index in [1.807, 2.05) is 4.90 Å². The minimum absolute atomic E-state index is 0.112. The molecule has 0 fully saturated rings. The maximum Gasteiger partial charge on any atom is 0.239 e. The van der Waals surface area contributed by atoms with Gasteiger partial charge in [0.05, 0.1) is 16.0 Å². The summed E-state index contributed by atoms with van der Waals surface area (Å²) in [5.74, 6) is 0.524. The van der Waals surface area contributed by atoms with Gasteiger partial charge in [0.15, 0.2) is 5.13 Å². The van der Waals surface area contributed by atoms with Crippen LogP contribution in [0.2, 0.25) is 0 Å². The molecule has 1 amide bonds. The minimum Gasteiger partial charge on any atom is -0.302 e. The smallest absolute Gasteiger partial charge is 0.239 e. The van der Waals surface area contributed by atoms with E-state index < -0.39 is 0 Å². The molecular formula is C24H31N3OS2. The summed E-state index contributed by atoms with van der Waals surface area (Å²) in [7, 11) is 0. The van der Waals surface area contributed by atoms with Gasteiger partial charge in [0.25, 0.3) is 0 Å². The molecule has 0 saturated carbocycles. The molecule has 0 bridgehead atoms. The van der Waals surface area contributed by atoms with Crippen LogP contribution in [0.4, 0.5) is 5.13 Å². The Labute approximate surface area is 188 Å². The van der Waals surface area contributed by atoms with Crippen LogP contribution < -0.4 is 4.90 Å². The molecule has 0 aliphatic carbocycles. The van der Waals surface area contributed by atoms with E-state index in [0.29, 0.717) is 12.3 Å².